The topological polar surface area (TPSA) is 55.8 Å². The number of benzene rings is 1. The van der Waals surface area contributed by atoms with E-state index in [4.69, 9.17) is 26.2 Å². The second kappa shape index (κ2) is 6.66. The first-order valence-electron chi connectivity index (χ1n) is 6.51. The number of aliphatic carboxylic acids is 1. The molecule has 0 bridgehead atoms. The average molecular weight is 297 g/mol. The van der Waals surface area contributed by atoms with E-state index in [1.54, 1.807) is 12.1 Å². The third-order valence-electron chi connectivity index (χ3n) is 3.36. The number of rotatable bonds is 6. The summed E-state index contributed by atoms with van der Waals surface area (Å²) >= 11 is 6.00. The summed E-state index contributed by atoms with van der Waals surface area (Å²) in [7, 11) is 1.53. The number of carboxylic acids is 1. The van der Waals surface area contributed by atoms with Crippen molar-refractivity contribution in [3.05, 3.63) is 28.8 Å². The number of ether oxygens (including phenoxy) is 2. The van der Waals surface area contributed by atoms with E-state index >= 15 is 0 Å². The van der Waals surface area contributed by atoms with Crippen LogP contribution in [0.25, 0.3) is 6.08 Å². The monoisotopic (exact) mass is 296 g/mol. The Labute approximate surface area is 123 Å². The molecule has 0 amide bonds. The Bertz CT molecular complexity index is 521. The molecule has 1 saturated carbocycles. The molecule has 0 radical (unpaired) electrons. The minimum Gasteiger partial charge on any atom is -0.493 e. The molecule has 1 aromatic carbocycles. The Kier molecular flexibility index (Phi) is 4.90. The molecule has 1 fully saturated rings. The second-order valence-electron chi connectivity index (χ2n) is 4.81. The number of hydrogen-bond donors (Lipinski definition) is 1. The van der Waals surface area contributed by atoms with Crippen LogP contribution < -0.4 is 9.47 Å². The van der Waals surface area contributed by atoms with Crippen LogP contribution in [0.3, 0.4) is 0 Å². The van der Waals surface area contributed by atoms with E-state index in [0.717, 1.165) is 6.08 Å². The van der Waals surface area contributed by atoms with Gasteiger partial charge in [-0.1, -0.05) is 18.0 Å². The molecule has 0 aliphatic heterocycles. The fraction of sp³-hybridized carbons (Fsp3) is 0.400. The van der Waals surface area contributed by atoms with Gasteiger partial charge in [0.15, 0.2) is 11.5 Å². The molecule has 1 aliphatic rings. The van der Waals surface area contributed by atoms with Crippen LogP contribution in [0.15, 0.2) is 18.2 Å². The van der Waals surface area contributed by atoms with Crippen molar-refractivity contribution in [1.82, 2.24) is 0 Å². The molecule has 0 heterocycles. The van der Waals surface area contributed by atoms with Crippen molar-refractivity contribution >= 4 is 23.6 Å². The van der Waals surface area contributed by atoms with Crippen molar-refractivity contribution in [2.24, 2.45) is 5.92 Å². The molecule has 2 rings (SSSR count). The average Bonchev–Trinajstić information content (AvgIpc) is 2.35. The fourth-order valence-electron chi connectivity index (χ4n) is 2.04. The zero-order valence-corrected chi connectivity index (χ0v) is 12.0. The van der Waals surface area contributed by atoms with E-state index in [1.165, 1.54) is 32.4 Å². The SMILES string of the molecule is COc1cc(Cl)cc(/C=C/C(=O)O)c1OCC1CCC1. The van der Waals surface area contributed by atoms with E-state index in [0.29, 0.717) is 34.6 Å². The first kappa shape index (κ1) is 14.7. The van der Waals surface area contributed by atoms with Gasteiger partial charge in [0.1, 0.15) is 0 Å². The smallest absolute Gasteiger partial charge is 0.328 e. The van der Waals surface area contributed by atoms with E-state index < -0.39 is 5.97 Å². The Balaban J connectivity index is 2.25. The molecule has 1 aromatic rings. The first-order valence-corrected chi connectivity index (χ1v) is 6.89. The van der Waals surface area contributed by atoms with Gasteiger partial charge in [-0.15, -0.1) is 0 Å². The minimum atomic E-state index is -1.02. The van der Waals surface area contributed by atoms with Crippen LogP contribution in [0.4, 0.5) is 0 Å². The van der Waals surface area contributed by atoms with Crippen LogP contribution in [-0.4, -0.2) is 24.8 Å². The lowest BCUT2D eigenvalue weighted by Gasteiger charge is -2.26. The summed E-state index contributed by atoms with van der Waals surface area (Å²) in [5, 5.41) is 9.21. The van der Waals surface area contributed by atoms with Crippen LogP contribution in [0, 0.1) is 5.92 Å². The normalized spacial score (nSPS) is 15.1. The van der Waals surface area contributed by atoms with Crippen molar-refractivity contribution in [1.29, 1.82) is 0 Å². The lowest BCUT2D eigenvalue weighted by molar-refractivity contribution is -0.131. The van der Waals surface area contributed by atoms with Crippen LogP contribution in [0.2, 0.25) is 5.02 Å². The molecular weight excluding hydrogens is 280 g/mol. The highest BCUT2D eigenvalue weighted by atomic mass is 35.5. The molecule has 20 heavy (non-hydrogen) atoms. The van der Waals surface area contributed by atoms with Gasteiger partial charge >= 0.3 is 5.97 Å². The van der Waals surface area contributed by atoms with Crippen LogP contribution in [-0.2, 0) is 4.79 Å². The molecule has 5 heteroatoms. The van der Waals surface area contributed by atoms with Gasteiger partial charge in [-0.05, 0) is 30.9 Å². The Hall–Kier alpha value is -1.68. The lowest BCUT2D eigenvalue weighted by Crippen LogP contribution is -2.19. The molecule has 1 aliphatic carbocycles. The van der Waals surface area contributed by atoms with Gasteiger partial charge < -0.3 is 14.6 Å². The first-order chi connectivity index (χ1) is 9.60. The maximum atomic E-state index is 10.7. The zero-order valence-electron chi connectivity index (χ0n) is 11.3. The summed E-state index contributed by atoms with van der Waals surface area (Å²) in [6, 6.07) is 3.33. The van der Waals surface area contributed by atoms with Crippen molar-refractivity contribution in [3.8, 4) is 11.5 Å². The summed E-state index contributed by atoms with van der Waals surface area (Å²) < 4.78 is 11.1. The standard InChI is InChI=1S/C15H17ClO4/c1-19-13-8-12(16)7-11(5-6-14(17)18)15(13)20-9-10-3-2-4-10/h5-8,10H,2-4,9H2,1H3,(H,17,18)/b6-5+. The van der Waals surface area contributed by atoms with Gasteiger partial charge in [-0.2, -0.15) is 0 Å². The van der Waals surface area contributed by atoms with Crippen molar-refractivity contribution in [2.45, 2.75) is 19.3 Å². The van der Waals surface area contributed by atoms with E-state index in [1.807, 2.05) is 0 Å². The summed E-state index contributed by atoms with van der Waals surface area (Å²) in [5.41, 5.74) is 0.607. The van der Waals surface area contributed by atoms with Gasteiger partial charge in [0, 0.05) is 22.7 Å². The molecular formula is C15H17ClO4. The molecule has 0 atom stereocenters. The molecule has 0 unspecified atom stereocenters. The van der Waals surface area contributed by atoms with Crippen molar-refractivity contribution in [3.63, 3.8) is 0 Å². The quantitative estimate of drug-likeness (QED) is 0.815. The Morgan fingerprint density at radius 3 is 2.80 bits per heavy atom. The number of methoxy groups -OCH3 is 1. The van der Waals surface area contributed by atoms with E-state index in [9.17, 15) is 4.79 Å². The number of hydrogen-bond acceptors (Lipinski definition) is 3. The van der Waals surface area contributed by atoms with Gasteiger partial charge in [0.2, 0.25) is 0 Å². The summed E-state index contributed by atoms with van der Waals surface area (Å²) in [6.07, 6.45) is 6.12. The van der Waals surface area contributed by atoms with Gasteiger partial charge in [0.25, 0.3) is 0 Å². The fourth-order valence-corrected chi connectivity index (χ4v) is 2.26. The molecule has 0 aromatic heterocycles. The molecule has 0 saturated heterocycles. The summed E-state index contributed by atoms with van der Waals surface area (Å²) in [4.78, 5) is 10.7. The lowest BCUT2D eigenvalue weighted by atomic mass is 9.86. The second-order valence-corrected chi connectivity index (χ2v) is 5.24. The maximum Gasteiger partial charge on any atom is 0.328 e. The number of halogens is 1. The summed E-state index contributed by atoms with van der Waals surface area (Å²) in [5.74, 6) is 0.615. The van der Waals surface area contributed by atoms with E-state index in [2.05, 4.69) is 0 Å². The predicted molar refractivity (Wildman–Crippen MR) is 77.5 cm³/mol. The maximum absolute atomic E-state index is 10.7. The Morgan fingerprint density at radius 1 is 1.50 bits per heavy atom. The molecule has 1 N–H and O–H groups in total. The molecule has 0 spiro atoms. The minimum absolute atomic E-state index is 0.475. The number of carboxylic acid groups (broad SMARTS) is 1. The summed E-state index contributed by atoms with van der Waals surface area (Å²) in [6.45, 7) is 0.617. The largest absolute Gasteiger partial charge is 0.493 e. The molecule has 4 nitrogen and oxygen atoms in total. The van der Waals surface area contributed by atoms with Crippen LogP contribution in [0.1, 0.15) is 24.8 Å². The highest BCUT2D eigenvalue weighted by molar-refractivity contribution is 6.31. The van der Waals surface area contributed by atoms with Crippen molar-refractivity contribution < 1.29 is 19.4 Å². The van der Waals surface area contributed by atoms with Gasteiger partial charge in [-0.3, -0.25) is 0 Å². The van der Waals surface area contributed by atoms with Crippen molar-refractivity contribution in [2.75, 3.05) is 13.7 Å². The molecule has 108 valence electrons. The van der Waals surface area contributed by atoms with Gasteiger partial charge in [0.05, 0.1) is 13.7 Å². The number of carbonyl (C=O) groups is 1. The highest BCUT2D eigenvalue weighted by Gasteiger charge is 2.20. The predicted octanol–water partition coefficient (Wildman–Crippen LogP) is 3.63. The Morgan fingerprint density at radius 2 is 2.25 bits per heavy atom. The van der Waals surface area contributed by atoms with E-state index in [-0.39, 0.29) is 0 Å². The van der Waals surface area contributed by atoms with Gasteiger partial charge in [-0.25, -0.2) is 4.79 Å². The third-order valence-corrected chi connectivity index (χ3v) is 3.58. The van der Waals surface area contributed by atoms with Crippen LogP contribution in [0.5, 0.6) is 11.5 Å². The third kappa shape index (κ3) is 3.67. The zero-order chi connectivity index (χ0) is 14.5. The highest BCUT2D eigenvalue weighted by Crippen LogP contribution is 2.37. The van der Waals surface area contributed by atoms with Crippen LogP contribution >= 0.6 is 11.6 Å².